The zero-order valence-electron chi connectivity index (χ0n) is 17.7. The summed E-state index contributed by atoms with van der Waals surface area (Å²) in [7, 11) is 0. The van der Waals surface area contributed by atoms with Gasteiger partial charge >= 0.3 is 0 Å². The summed E-state index contributed by atoms with van der Waals surface area (Å²) in [4.78, 5) is 15.0. The lowest BCUT2D eigenvalue weighted by molar-refractivity contribution is 0.791. The second kappa shape index (κ2) is 9.83. The van der Waals surface area contributed by atoms with Gasteiger partial charge in [-0.3, -0.25) is 0 Å². The third-order valence-corrected chi connectivity index (χ3v) is 6.26. The van der Waals surface area contributed by atoms with Crippen molar-refractivity contribution in [3.8, 4) is 10.6 Å². The fourth-order valence-corrected chi connectivity index (χ4v) is 4.65. The molecule has 6 heteroatoms. The number of benzene rings is 1. The molecule has 0 aliphatic heterocycles. The van der Waals surface area contributed by atoms with E-state index in [2.05, 4.69) is 48.9 Å². The highest BCUT2D eigenvalue weighted by atomic mass is 32.1. The van der Waals surface area contributed by atoms with E-state index in [9.17, 15) is 0 Å². The van der Waals surface area contributed by atoms with E-state index in [1.165, 1.54) is 34.4 Å². The maximum atomic E-state index is 5.80. The van der Waals surface area contributed by atoms with Gasteiger partial charge in [-0.1, -0.05) is 38.8 Å². The van der Waals surface area contributed by atoms with Crippen LogP contribution < -0.4 is 11.5 Å². The first-order valence-corrected chi connectivity index (χ1v) is 11.3. The highest BCUT2D eigenvalue weighted by Gasteiger charge is 2.14. The van der Waals surface area contributed by atoms with Crippen LogP contribution in [0.3, 0.4) is 0 Å². The molecule has 154 valence electrons. The van der Waals surface area contributed by atoms with Crippen molar-refractivity contribution in [1.29, 1.82) is 0 Å². The number of aromatic nitrogens is 3. The van der Waals surface area contributed by atoms with Crippen molar-refractivity contribution in [2.45, 2.75) is 65.7 Å². The second-order valence-corrected chi connectivity index (χ2v) is 8.60. The molecule has 0 fully saturated rings. The number of nitrogen functional groups attached to an aromatic ring is 2. The van der Waals surface area contributed by atoms with Gasteiger partial charge in [-0.25, -0.2) is 15.0 Å². The summed E-state index contributed by atoms with van der Waals surface area (Å²) in [5.74, 6) is 1.51. The fraction of sp³-hybridized carbons (Fsp3) is 0.435. The van der Waals surface area contributed by atoms with E-state index >= 15 is 0 Å². The standard InChI is InChI=1S/C23H31N5S/c1-4-6-8-16-13-17(10-9-15(16)3)23-26-18(19(29-23)7-5-2)11-12-22-27-20(24)14-21(25)28-22/h9-10,13-14H,4-8,11-12H2,1-3H3,(H4,24,25,27,28). The molecule has 0 amide bonds. The van der Waals surface area contributed by atoms with Crippen molar-refractivity contribution >= 4 is 23.0 Å². The lowest BCUT2D eigenvalue weighted by Crippen LogP contribution is -2.05. The van der Waals surface area contributed by atoms with Gasteiger partial charge < -0.3 is 11.5 Å². The number of hydrogen-bond acceptors (Lipinski definition) is 6. The molecule has 0 atom stereocenters. The van der Waals surface area contributed by atoms with Gasteiger partial charge in [-0.05, 0) is 49.8 Å². The Bertz CT molecular complexity index is 944. The summed E-state index contributed by atoms with van der Waals surface area (Å²) in [6, 6.07) is 8.33. The highest BCUT2D eigenvalue weighted by molar-refractivity contribution is 7.15. The molecule has 29 heavy (non-hydrogen) atoms. The molecular weight excluding hydrogens is 378 g/mol. The van der Waals surface area contributed by atoms with Crippen molar-refractivity contribution in [2.75, 3.05) is 11.5 Å². The Balaban J connectivity index is 1.84. The lowest BCUT2D eigenvalue weighted by atomic mass is 10.0. The largest absolute Gasteiger partial charge is 0.384 e. The maximum Gasteiger partial charge on any atom is 0.133 e. The number of nitrogens with zero attached hydrogens (tertiary/aromatic N) is 3. The number of hydrogen-bond donors (Lipinski definition) is 2. The van der Waals surface area contributed by atoms with Gasteiger partial charge in [0.25, 0.3) is 0 Å². The van der Waals surface area contributed by atoms with Crippen LogP contribution in [0.4, 0.5) is 11.6 Å². The van der Waals surface area contributed by atoms with Crippen molar-refractivity contribution in [2.24, 2.45) is 0 Å². The van der Waals surface area contributed by atoms with Crippen LogP contribution in [0.25, 0.3) is 10.6 Å². The van der Waals surface area contributed by atoms with Crippen LogP contribution in [-0.2, 0) is 25.7 Å². The molecule has 0 aliphatic carbocycles. The molecule has 0 radical (unpaired) electrons. The van der Waals surface area contributed by atoms with Gasteiger partial charge in [0, 0.05) is 22.9 Å². The third kappa shape index (κ3) is 5.54. The van der Waals surface area contributed by atoms with Crippen molar-refractivity contribution in [1.82, 2.24) is 15.0 Å². The zero-order valence-corrected chi connectivity index (χ0v) is 18.5. The molecule has 0 spiro atoms. The molecule has 5 nitrogen and oxygen atoms in total. The summed E-state index contributed by atoms with van der Waals surface area (Å²) in [5, 5.41) is 1.11. The van der Waals surface area contributed by atoms with E-state index in [-0.39, 0.29) is 0 Å². The molecule has 2 heterocycles. The molecule has 0 bridgehead atoms. The van der Waals surface area contributed by atoms with Gasteiger partial charge in [0.2, 0.25) is 0 Å². The zero-order chi connectivity index (χ0) is 20.8. The Morgan fingerprint density at radius 2 is 1.62 bits per heavy atom. The van der Waals surface area contributed by atoms with E-state index < -0.39 is 0 Å². The SMILES string of the molecule is CCCCc1cc(-c2nc(CCc3nc(N)cc(N)n3)c(CCC)s2)ccc1C. The first-order valence-electron chi connectivity index (χ1n) is 10.5. The Kier molecular flexibility index (Phi) is 7.20. The van der Waals surface area contributed by atoms with E-state index in [0.29, 0.717) is 23.9 Å². The van der Waals surface area contributed by atoms with E-state index in [1.807, 2.05) is 11.3 Å². The van der Waals surface area contributed by atoms with E-state index in [4.69, 9.17) is 16.5 Å². The number of thiazole rings is 1. The van der Waals surface area contributed by atoms with Crippen LogP contribution in [-0.4, -0.2) is 15.0 Å². The van der Waals surface area contributed by atoms with E-state index in [0.717, 1.165) is 36.4 Å². The Hall–Kier alpha value is -2.47. The van der Waals surface area contributed by atoms with Crippen molar-refractivity contribution in [3.63, 3.8) is 0 Å². The third-order valence-electron chi connectivity index (χ3n) is 5.05. The van der Waals surface area contributed by atoms with Crippen molar-refractivity contribution in [3.05, 3.63) is 51.8 Å². The first kappa shape index (κ1) is 21.2. The minimum atomic E-state index is 0.416. The van der Waals surface area contributed by atoms with Crippen LogP contribution in [0.5, 0.6) is 0 Å². The molecule has 3 rings (SSSR count). The quantitative estimate of drug-likeness (QED) is 0.510. The predicted octanol–water partition coefficient (Wildman–Crippen LogP) is 5.15. The first-order chi connectivity index (χ1) is 14.0. The average molecular weight is 410 g/mol. The minimum absolute atomic E-state index is 0.416. The summed E-state index contributed by atoms with van der Waals surface area (Å²) in [6.45, 7) is 6.64. The normalized spacial score (nSPS) is 11.1. The molecule has 4 N–H and O–H groups in total. The number of unbranched alkanes of at least 4 members (excludes halogenated alkanes) is 1. The average Bonchev–Trinajstić information content (AvgIpc) is 3.08. The monoisotopic (exact) mass is 409 g/mol. The molecule has 3 aromatic rings. The molecule has 0 saturated heterocycles. The number of nitrogens with two attached hydrogens (primary N) is 2. The van der Waals surface area contributed by atoms with Crippen LogP contribution in [0.2, 0.25) is 0 Å². The van der Waals surface area contributed by atoms with Gasteiger partial charge in [-0.2, -0.15) is 0 Å². The Morgan fingerprint density at radius 1 is 0.862 bits per heavy atom. The summed E-state index contributed by atoms with van der Waals surface area (Å²) in [5.41, 5.74) is 16.8. The van der Waals surface area contributed by atoms with Crippen LogP contribution in [0.15, 0.2) is 24.3 Å². The van der Waals surface area contributed by atoms with Crippen molar-refractivity contribution < 1.29 is 0 Å². The molecule has 2 aromatic heterocycles. The Morgan fingerprint density at radius 3 is 2.31 bits per heavy atom. The van der Waals surface area contributed by atoms with Crippen LogP contribution in [0, 0.1) is 6.92 Å². The number of aryl methyl sites for hydroxylation is 5. The van der Waals surface area contributed by atoms with Crippen LogP contribution >= 0.6 is 11.3 Å². The molecule has 1 aromatic carbocycles. The predicted molar refractivity (Wildman–Crippen MR) is 123 cm³/mol. The van der Waals surface area contributed by atoms with Gasteiger partial charge in [0.1, 0.15) is 22.5 Å². The van der Waals surface area contributed by atoms with Gasteiger partial charge in [0.05, 0.1) is 5.69 Å². The topological polar surface area (TPSA) is 90.7 Å². The molecular formula is C23H31N5S. The fourth-order valence-electron chi connectivity index (χ4n) is 3.45. The maximum absolute atomic E-state index is 5.80. The molecule has 0 aliphatic rings. The molecule has 0 unspecified atom stereocenters. The Labute approximate surface area is 177 Å². The summed E-state index contributed by atoms with van der Waals surface area (Å²) >= 11 is 1.82. The smallest absolute Gasteiger partial charge is 0.133 e. The lowest BCUT2D eigenvalue weighted by Gasteiger charge is -2.07. The van der Waals surface area contributed by atoms with Gasteiger partial charge in [0.15, 0.2) is 0 Å². The van der Waals surface area contributed by atoms with E-state index in [1.54, 1.807) is 6.07 Å². The highest BCUT2D eigenvalue weighted by Crippen LogP contribution is 2.31. The van der Waals surface area contributed by atoms with Gasteiger partial charge in [-0.15, -0.1) is 11.3 Å². The van der Waals surface area contributed by atoms with Crippen LogP contribution in [0.1, 0.15) is 60.6 Å². The second-order valence-electron chi connectivity index (χ2n) is 7.52. The summed E-state index contributed by atoms with van der Waals surface area (Å²) in [6.07, 6.45) is 7.19. The minimum Gasteiger partial charge on any atom is -0.384 e. The number of rotatable bonds is 9. The number of anilines is 2. The molecule has 0 saturated carbocycles. The summed E-state index contributed by atoms with van der Waals surface area (Å²) < 4.78 is 0.